The molecule has 0 unspecified atom stereocenters. The number of nitrogens with one attached hydrogen (secondary N) is 1. The van der Waals surface area contributed by atoms with Gasteiger partial charge in [-0.3, -0.25) is 4.79 Å². The number of carbonyl (C=O) groups is 1. The largest absolute Gasteiger partial charge is 0.493 e. The Labute approximate surface area is 138 Å². The molecule has 2 aromatic rings. The SMILES string of the molecule is N#Cc1c(NC(=O)[C@H]2CCOc3ccccc32)sc2c1CCC2. The van der Waals surface area contributed by atoms with E-state index in [1.54, 1.807) is 11.3 Å². The quantitative estimate of drug-likeness (QED) is 0.918. The zero-order valence-electron chi connectivity index (χ0n) is 12.6. The van der Waals surface area contributed by atoms with Crippen molar-refractivity contribution >= 4 is 22.2 Å². The molecule has 1 aliphatic carbocycles. The first-order valence-electron chi connectivity index (χ1n) is 7.85. The van der Waals surface area contributed by atoms with E-state index in [9.17, 15) is 10.1 Å². The second-order valence-corrected chi connectivity index (χ2v) is 7.00. The van der Waals surface area contributed by atoms with Crippen molar-refractivity contribution < 1.29 is 9.53 Å². The first kappa shape index (κ1) is 14.3. The van der Waals surface area contributed by atoms with E-state index in [-0.39, 0.29) is 11.8 Å². The molecule has 0 spiro atoms. The number of ether oxygens (including phenoxy) is 1. The van der Waals surface area contributed by atoms with Crippen molar-refractivity contribution in [3.63, 3.8) is 0 Å². The predicted molar refractivity (Wildman–Crippen MR) is 89.0 cm³/mol. The number of amides is 1. The number of benzene rings is 1. The third-order valence-electron chi connectivity index (χ3n) is 4.54. The Morgan fingerprint density at radius 2 is 2.22 bits per heavy atom. The number of nitrogens with zero attached hydrogens (tertiary/aromatic N) is 1. The highest BCUT2D eigenvalue weighted by Gasteiger charge is 2.29. The minimum atomic E-state index is -0.219. The molecule has 2 aliphatic rings. The first-order valence-corrected chi connectivity index (χ1v) is 8.67. The molecule has 23 heavy (non-hydrogen) atoms. The van der Waals surface area contributed by atoms with Crippen LogP contribution in [0, 0.1) is 11.3 Å². The van der Waals surface area contributed by atoms with Crippen LogP contribution in [0.3, 0.4) is 0 Å². The summed E-state index contributed by atoms with van der Waals surface area (Å²) in [4.78, 5) is 14.0. The van der Waals surface area contributed by atoms with Gasteiger partial charge in [-0.25, -0.2) is 0 Å². The molecule has 2 heterocycles. The van der Waals surface area contributed by atoms with E-state index in [0.29, 0.717) is 23.6 Å². The summed E-state index contributed by atoms with van der Waals surface area (Å²) in [6.45, 7) is 0.543. The van der Waals surface area contributed by atoms with Crippen molar-refractivity contribution in [3.05, 3.63) is 45.8 Å². The predicted octanol–water partition coefficient (Wildman–Crippen LogP) is 3.61. The van der Waals surface area contributed by atoms with Crippen LogP contribution in [0.25, 0.3) is 0 Å². The molecule has 0 saturated heterocycles. The van der Waals surface area contributed by atoms with E-state index in [1.165, 1.54) is 4.88 Å². The molecule has 4 rings (SSSR count). The Morgan fingerprint density at radius 3 is 3.09 bits per heavy atom. The summed E-state index contributed by atoms with van der Waals surface area (Å²) in [7, 11) is 0. The molecule has 1 aromatic carbocycles. The summed E-state index contributed by atoms with van der Waals surface area (Å²) in [6, 6.07) is 9.95. The van der Waals surface area contributed by atoms with Crippen LogP contribution in [0.4, 0.5) is 5.00 Å². The number of carbonyl (C=O) groups excluding carboxylic acids is 1. The average molecular weight is 324 g/mol. The van der Waals surface area contributed by atoms with Gasteiger partial charge in [0.25, 0.3) is 0 Å². The third kappa shape index (κ3) is 2.40. The first-order chi connectivity index (χ1) is 11.3. The Kier molecular flexibility index (Phi) is 3.55. The lowest BCUT2D eigenvalue weighted by Crippen LogP contribution is -2.26. The average Bonchev–Trinajstić information content (AvgIpc) is 3.14. The number of aryl methyl sites for hydroxylation is 1. The zero-order chi connectivity index (χ0) is 15.8. The molecule has 116 valence electrons. The standard InChI is InChI=1S/C18H16N2O2S/c19-10-14-12-5-3-7-16(12)23-18(14)20-17(21)13-8-9-22-15-6-2-1-4-11(13)15/h1-2,4,6,13H,3,5,7-9H2,(H,20,21)/t13-/m0/s1. The van der Waals surface area contributed by atoms with Crippen molar-refractivity contribution in [2.75, 3.05) is 11.9 Å². The van der Waals surface area contributed by atoms with E-state index in [2.05, 4.69) is 11.4 Å². The summed E-state index contributed by atoms with van der Waals surface area (Å²) >= 11 is 1.56. The van der Waals surface area contributed by atoms with E-state index < -0.39 is 0 Å². The number of anilines is 1. The second kappa shape index (κ2) is 5.71. The van der Waals surface area contributed by atoms with Crippen molar-refractivity contribution in [2.45, 2.75) is 31.6 Å². The minimum absolute atomic E-state index is 0.0443. The second-order valence-electron chi connectivity index (χ2n) is 5.89. The van der Waals surface area contributed by atoms with Crippen LogP contribution in [0.15, 0.2) is 24.3 Å². The highest BCUT2D eigenvalue weighted by Crippen LogP contribution is 2.40. The van der Waals surface area contributed by atoms with Crippen LogP contribution in [0.5, 0.6) is 5.75 Å². The highest BCUT2D eigenvalue weighted by atomic mass is 32.1. The number of hydrogen-bond donors (Lipinski definition) is 1. The monoisotopic (exact) mass is 324 g/mol. The lowest BCUT2D eigenvalue weighted by atomic mass is 9.92. The summed E-state index contributed by atoms with van der Waals surface area (Å²) < 4.78 is 5.62. The maximum atomic E-state index is 12.8. The third-order valence-corrected chi connectivity index (χ3v) is 5.75. The fraction of sp³-hybridized carbons (Fsp3) is 0.333. The molecular formula is C18H16N2O2S. The Morgan fingerprint density at radius 1 is 1.35 bits per heavy atom. The molecule has 0 fully saturated rings. The number of thiophene rings is 1. The lowest BCUT2D eigenvalue weighted by Gasteiger charge is -2.24. The Balaban J connectivity index is 1.62. The van der Waals surface area contributed by atoms with Crippen molar-refractivity contribution in [1.29, 1.82) is 5.26 Å². The molecule has 0 radical (unpaired) electrons. The lowest BCUT2D eigenvalue weighted by molar-refractivity contribution is -0.118. The van der Waals surface area contributed by atoms with Crippen LogP contribution in [-0.4, -0.2) is 12.5 Å². The van der Waals surface area contributed by atoms with Gasteiger partial charge in [-0.15, -0.1) is 11.3 Å². The minimum Gasteiger partial charge on any atom is -0.493 e. The van der Waals surface area contributed by atoms with Crippen LogP contribution in [0.1, 0.15) is 40.3 Å². The van der Waals surface area contributed by atoms with Crippen LogP contribution >= 0.6 is 11.3 Å². The van der Waals surface area contributed by atoms with E-state index >= 15 is 0 Å². The van der Waals surface area contributed by atoms with Crippen molar-refractivity contribution in [1.82, 2.24) is 0 Å². The van der Waals surface area contributed by atoms with E-state index in [0.717, 1.165) is 36.1 Å². The van der Waals surface area contributed by atoms with Crippen molar-refractivity contribution in [3.8, 4) is 11.8 Å². The molecular weight excluding hydrogens is 308 g/mol. The summed E-state index contributed by atoms with van der Waals surface area (Å²) in [5.74, 6) is 0.522. The van der Waals surface area contributed by atoms with Gasteiger partial charge in [0.2, 0.25) is 5.91 Å². The van der Waals surface area contributed by atoms with Gasteiger partial charge in [-0.05, 0) is 37.3 Å². The van der Waals surface area contributed by atoms with Gasteiger partial charge in [-0.1, -0.05) is 18.2 Å². The Hall–Kier alpha value is -2.32. The maximum Gasteiger partial charge on any atom is 0.232 e. The fourth-order valence-corrected chi connectivity index (χ4v) is 4.67. The highest BCUT2D eigenvalue weighted by molar-refractivity contribution is 7.16. The fourth-order valence-electron chi connectivity index (χ4n) is 3.42. The van der Waals surface area contributed by atoms with Crippen LogP contribution < -0.4 is 10.1 Å². The molecule has 1 amide bonds. The Bertz CT molecular complexity index is 819. The molecule has 5 heteroatoms. The van der Waals surface area contributed by atoms with Crippen LogP contribution in [-0.2, 0) is 17.6 Å². The topological polar surface area (TPSA) is 62.1 Å². The number of fused-ring (bicyclic) bond motifs is 2. The van der Waals surface area contributed by atoms with Gasteiger partial charge in [0, 0.05) is 10.4 Å². The molecule has 0 saturated carbocycles. The smallest absolute Gasteiger partial charge is 0.232 e. The van der Waals surface area contributed by atoms with Gasteiger partial charge in [0.1, 0.15) is 16.8 Å². The van der Waals surface area contributed by atoms with Gasteiger partial charge >= 0.3 is 0 Å². The van der Waals surface area contributed by atoms with Crippen LogP contribution in [0.2, 0.25) is 0 Å². The van der Waals surface area contributed by atoms with Gasteiger partial charge in [-0.2, -0.15) is 5.26 Å². The molecule has 1 N–H and O–H groups in total. The molecule has 1 aliphatic heterocycles. The molecule has 0 bridgehead atoms. The summed E-state index contributed by atoms with van der Waals surface area (Å²) in [5.41, 5.74) is 2.73. The summed E-state index contributed by atoms with van der Waals surface area (Å²) in [6.07, 6.45) is 3.74. The van der Waals surface area contributed by atoms with E-state index in [4.69, 9.17) is 4.74 Å². The van der Waals surface area contributed by atoms with E-state index in [1.807, 2.05) is 24.3 Å². The number of nitriles is 1. The maximum absolute atomic E-state index is 12.8. The van der Waals surface area contributed by atoms with Gasteiger partial charge in [0.05, 0.1) is 18.1 Å². The van der Waals surface area contributed by atoms with Gasteiger partial charge in [0.15, 0.2) is 0 Å². The summed E-state index contributed by atoms with van der Waals surface area (Å²) in [5, 5.41) is 13.2. The number of para-hydroxylation sites is 1. The van der Waals surface area contributed by atoms with Gasteiger partial charge < -0.3 is 10.1 Å². The van der Waals surface area contributed by atoms with Crippen molar-refractivity contribution in [2.24, 2.45) is 0 Å². The molecule has 1 aromatic heterocycles. The molecule has 4 nitrogen and oxygen atoms in total. The molecule has 1 atom stereocenters. The number of rotatable bonds is 2. The normalized spacial score (nSPS) is 18.5. The zero-order valence-corrected chi connectivity index (χ0v) is 13.4. The number of hydrogen-bond acceptors (Lipinski definition) is 4.